The lowest BCUT2D eigenvalue weighted by atomic mass is 10.0. The van der Waals surface area contributed by atoms with E-state index in [1.165, 1.54) is 11.0 Å². The fraction of sp³-hybridized carbons (Fsp3) is 0.238. The van der Waals surface area contributed by atoms with E-state index in [-0.39, 0.29) is 6.10 Å². The molecule has 1 aliphatic heterocycles. The van der Waals surface area contributed by atoms with E-state index in [4.69, 9.17) is 9.15 Å². The molecule has 1 saturated heterocycles. The first kappa shape index (κ1) is 17.3. The number of oxazole rings is 1. The van der Waals surface area contributed by atoms with Gasteiger partial charge in [-0.25, -0.2) is 14.2 Å². The van der Waals surface area contributed by atoms with Crippen molar-refractivity contribution in [1.29, 1.82) is 0 Å². The molecule has 3 aromatic rings. The molecule has 2 heterocycles. The maximum Gasteiger partial charge on any atom is 0.414 e. The fourth-order valence-corrected chi connectivity index (χ4v) is 3.11. The quantitative estimate of drug-likeness (QED) is 0.646. The number of hydrogen-bond acceptors (Lipinski definition) is 4. The molecule has 1 fully saturated rings. The second-order valence-electron chi connectivity index (χ2n) is 6.71. The maximum absolute atomic E-state index is 14.7. The lowest BCUT2D eigenvalue weighted by Gasteiger charge is -2.14. The Morgan fingerprint density at radius 2 is 1.81 bits per heavy atom. The Labute approximate surface area is 156 Å². The van der Waals surface area contributed by atoms with Crippen molar-refractivity contribution in [1.82, 2.24) is 4.98 Å². The lowest BCUT2D eigenvalue weighted by molar-refractivity contribution is 0.150. The van der Waals surface area contributed by atoms with Gasteiger partial charge in [-0.2, -0.15) is 0 Å². The molecule has 1 atom stereocenters. The van der Waals surface area contributed by atoms with Crippen LogP contribution in [0.2, 0.25) is 0 Å². The van der Waals surface area contributed by atoms with Crippen molar-refractivity contribution < 1.29 is 18.3 Å². The average Bonchev–Trinajstić information content (AvgIpc) is 3.16. The van der Waals surface area contributed by atoms with Gasteiger partial charge in [0.25, 0.3) is 0 Å². The van der Waals surface area contributed by atoms with Gasteiger partial charge in [-0.15, -0.1) is 0 Å². The van der Waals surface area contributed by atoms with Crippen LogP contribution in [-0.4, -0.2) is 23.7 Å². The summed E-state index contributed by atoms with van der Waals surface area (Å²) in [6.07, 6.45) is -0.647. The Morgan fingerprint density at radius 3 is 2.37 bits per heavy atom. The van der Waals surface area contributed by atoms with Crippen LogP contribution in [-0.2, 0) is 4.74 Å². The highest BCUT2D eigenvalue weighted by Gasteiger charge is 2.29. The standard InChI is InChI=1S/C21H19FN2O3/c1-12-11-24(21(25)26-12)17-8-9-18(19(22)10-17)15-4-6-16(7-5-15)20-23-13(2)14(3)27-20/h4-10,12H,11H2,1-3H3. The van der Waals surface area contributed by atoms with Crippen molar-refractivity contribution in [3.63, 3.8) is 0 Å². The van der Waals surface area contributed by atoms with Gasteiger partial charge in [0, 0.05) is 11.1 Å². The van der Waals surface area contributed by atoms with Gasteiger partial charge in [-0.05, 0) is 56.7 Å². The van der Waals surface area contributed by atoms with Gasteiger partial charge in [0.05, 0.1) is 17.9 Å². The molecule has 2 aromatic carbocycles. The topological polar surface area (TPSA) is 55.6 Å². The first-order valence-corrected chi connectivity index (χ1v) is 8.75. The van der Waals surface area contributed by atoms with E-state index in [2.05, 4.69) is 4.98 Å². The Kier molecular flexibility index (Phi) is 4.18. The number of carbonyl (C=O) groups is 1. The third-order valence-electron chi connectivity index (χ3n) is 4.70. The van der Waals surface area contributed by atoms with Crippen molar-refractivity contribution in [3.05, 3.63) is 59.7 Å². The van der Waals surface area contributed by atoms with Crippen LogP contribution >= 0.6 is 0 Å². The van der Waals surface area contributed by atoms with Crippen molar-refractivity contribution >= 4 is 11.8 Å². The number of aryl methyl sites for hydroxylation is 2. The first-order chi connectivity index (χ1) is 12.9. The number of rotatable bonds is 3. The molecular weight excluding hydrogens is 347 g/mol. The molecule has 0 bridgehead atoms. The minimum Gasteiger partial charge on any atom is -0.444 e. The second kappa shape index (κ2) is 6.54. The summed E-state index contributed by atoms with van der Waals surface area (Å²) < 4.78 is 25.4. The molecule has 0 aliphatic carbocycles. The highest BCUT2D eigenvalue weighted by molar-refractivity contribution is 5.90. The van der Waals surface area contributed by atoms with Crippen LogP contribution in [0.25, 0.3) is 22.6 Å². The van der Waals surface area contributed by atoms with Crippen molar-refractivity contribution in [2.75, 3.05) is 11.4 Å². The van der Waals surface area contributed by atoms with E-state index in [1.807, 2.05) is 38.1 Å². The van der Waals surface area contributed by atoms with E-state index in [9.17, 15) is 9.18 Å². The summed E-state index contributed by atoms with van der Waals surface area (Å²) in [5.41, 5.74) is 3.38. The van der Waals surface area contributed by atoms with E-state index < -0.39 is 11.9 Å². The van der Waals surface area contributed by atoms with Gasteiger partial charge in [0.15, 0.2) is 0 Å². The van der Waals surface area contributed by atoms with Gasteiger partial charge in [-0.3, -0.25) is 4.90 Å². The van der Waals surface area contributed by atoms with Gasteiger partial charge >= 0.3 is 6.09 Å². The van der Waals surface area contributed by atoms with E-state index in [0.717, 1.165) is 22.6 Å². The summed E-state index contributed by atoms with van der Waals surface area (Å²) >= 11 is 0. The molecule has 1 unspecified atom stereocenters. The molecular formula is C21H19FN2O3. The largest absolute Gasteiger partial charge is 0.444 e. The summed E-state index contributed by atoms with van der Waals surface area (Å²) in [4.78, 5) is 17.6. The highest BCUT2D eigenvalue weighted by Crippen LogP contribution is 2.30. The zero-order chi connectivity index (χ0) is 19.1. The van der Waals surface area contributed by atoms with Crippen LogP contribution in [0.1, 0.15) is 18.4 Å². The van der Waals surface area contributed by atoms with Crippen LogP contribution in [0.5, 0.6) is 0 Å². The molecule has 0 saturated carbocycles. The second-order valence-corrected chi connectivity index (χ2v) is 6.71. The lowest BCUT2D eigenvalue weighted by Crippen LogP contribution is -2.24. The zero-order valence-electron chi connectivity index (χ0n) is 15.3. The molecule has 6 heteroatoms. The Hall–Kier alpha value is -3.15. The minimum absolute atomic E-state index is 0.199. The first-order valence-electron chi connectivity index (χ1n) is 8.75. The molecule has 1 aliphatic rings. The van der Waals surface area contributed by atoms with Crippen LogP contribution in [0.4, 0.5) is 14.9 Å². The maximum atomic E-state index is 14.7. The summed E-state index contributed by atoms with van der Waals surface area (Å²) in [7, 11) is 0. The number of cyclic esters (lactones) is 1. The molecule has 4 rings (SSSR count). The number of halogens is 1. The van der Waals surface area contributed by atoms with Crippen LogP contribution in [0.15, 0.2) is 46.9 Å². The van der Waals surface area contributed by atoms with E-state index >= 15 is 0 Å². The summed E-state index contributed by atoms with van der Waals surface area (Å²) in [6, 6.07) is 12.1. The normalized spacial score (nSPS) is 16.7. The molecule has 1 amide bonds. The highest BCUT2D eigenvalue weighted by atomic mass is 19.1. The molecule has 0 radical (unpaired) electrons. The number of ether oxygens (including phenoxy) is 1. The van der Waals surface area contributed by atoms with E-state index in [0.29, 0.717) is 23.7 Å². The molecule has 27 heavy (non-hydrogen) atoms. The summed E-state index contributed by atoms with van der Waals surface area (Å²) in [5.74, 6) is 0.940. The van der Waals surface area contributed by atoms with Crippen LogP contribution < -0.4 is 4.90 Å². The zero-order valence-corrected chi connectivity index (χ0v) is 15.3. The third-order valence-corrected chi connectivity index (χ3v) is 4.70. The molecule has 1 aromatic heterocycles. The average molecular weight is 366 g/mol. The van der Waals surface area contributed by atoms with Crippen LogP contribution in [0, 0.1) is 19.7 Å². The van der Waals surface area contributed by atoms with Gasteiger partial charge in [0.1, 0.15) is 17.7 Å². The number of nitrogens with zero attached hydrogens (tertiary/aromatic N) is 2. The molecule has 5 nitrogen and oxygen atoms in total. The van der Waals surface area contributed by atoms with Gasteiger partial charge in [0.2, 0.25) is 5.89 Å². The Bertz CT molecular complexity index is 991. The minimum atomic E-state index is -0.449. The smallest absolute Gasteiger partial charge is 0.414 e. The number of benzene rings is 2. The molecule has 0 N–H and O–H groups in total. The monoisotopic (exact) mass is 366 g/mol. The fourth-order valence-electron chi connectivity index (χ4n) is 3.11. The van der Waals surface area contributed by atoms with E-state index in [1.54, 1.807) is 19.1 Å². The Balaban J connectivity index is 1.61. The number of amides is 1. The molecule has 0 spiro atoms. The van der Waals surface area contributed by atoms with Crippen LogP contribution in [0.3, 0.4) is 0 Å². The summed E-state index contributed by atoms with van der Waals surface area (Å²) in [5, 5.41) is 0. The Morgan fingerprint density at radius 1 is 1.11 bits per heavy atom. The number of anilines is 1. The summed E-state index contributed by atoms with van der Waals surface area (Å²) in [6.45, 7) is 5.99. The number of carbonyl (C=O) groups excluding carboxylic acids is 1. The van der Waals surface area contributed by atoms with Crippen molar-refractivity contribution in [2.45, 2.75) is 26.9 Å². The predicted molar refractivity (Wildman–Crippen MR) is 100 cm³/mol. The third kappa shape index (κ3) is 3.18. The molecule has 138 valence electrons. The van der Waals surface area contributed by atoms with Crippen molar-refractivity contribution in [2.24, 2.45) is 0 Å². The number of aromatic nitrogens is 1. The van der Waals surface area contributed by atoms with Crippen molar-refractivity contribution in [3.8, 4) is 22.6 Å². The predicted octanol–water partition coefficient (Wildman–Crippen LogP) is 5.11. The van der Waals surface area contributed by atoms with Gasteiger partial charge < -0.3 is 9.15 Å². The number of hydrogen-bond donors (Lipinski definition) is 0. The van der Waals surface area contributed by atoms with Gasteiger partial charge in [-0.1, -0.05) is 12.1 Å². The SMILES string of the molecule is Cc1nc(-c2ccc(-c3ccc(N4CC(C)OC4=O)cc3F)cc2)oc1C.